The van der Waals surface area contributed by atoms with Gasteiger partial charge in [0.15, 0.2) is 0 Å². The quantitative estimate of drug-likeness (QED) is 0.630. The molecule has 4 N–H and O–H groups in total. The summed E-state index contributed by atoms with van der Waals surface area (Å²) in [5.74, 6) is 0. The molecule has 0 spiro atoms. The van der Waals surface area contributed by atoms with Gasteiger partial charge in [-0.3, -0.25) is 0 Å². The van der Waals surface area contributed by atoms with Gasteiger partial charge in [0.25, 0.3) is 10.3 Å². The summed E-state index contributed by atoms with van der Waals surface area (Å²) in [5, 5.41) is 15.3. The van der Waals surface area contributed by atoms with Gasteiger partial charge in [-0.1, -0.05) is 35.9 Å². The first-order chi connectivity index (χ1) is 7.77. The Balaban J connectivity index is 0. The van der Waals surface area contributed by atoms with Crippen molar-refractivity contribution in [2.75, 3.05) is 14.1 Å². The van der Waals surface area contributed by atoms with E-state index in [4.69, 9.17) is 10.2 Å². The summed E-state index contributed by atoms with van der Waals surface area (Å²) in [6.07, 6.45) is 0. The zero-order valence-corrected chi connectivity index (χ0v) is 11.8. The lowest BCUT2D eigenvalue weighted by atomic mass is 10.2. The second-order valence-electron chi connectivity index (χ2n) is 3.17. The molecule has 96 valence electrons. The van der Waals surface area contributed by atoms with Crippen molar-refractivity contribution in [3.63, 3.8) is 0 Å². The van der Waals surface area contributed by atoms with Gasteiger partial charge in [-0.15, -0.1) is 0 Å². The first kappa shape index (κ1) is 18.0. The van der Waals surface area contributed by atoms with Crippen LogP contribution in [0, 0.1) is 6.92 Å². The van der Waals surface area contributed by atoms with E-state index in [1.54, 1.807) is 14.1 Å². The molecular formula is C11H18N2O2S2. The van der Waals surface area contributed by atoms with Gasteiger partial charge in [-0.05, 0) is 31.4 Å². The number of aliphatic hydroxyl groups is 2. The van der Waals surface area contributed by atoms with Crippen molar-refractivity contribution in [1.29, 1.82) is 0 Å². The predicted molar refractivity (Wildman–Crippen MR) is 79.5 cm³/mol. The number of nitrogens with two attached hydrogens (primary N) is 1. The Morgan fingerprint density at radius 3 is 1.53 bits per heavy atom. The lowest BCUT2D eigenvalue weighted by Gasteiger charge is -2.03. The van der Waals surface area contributed by atoms with Gasteiger partial charge in [0.2, 0.25) is 0 Å². The van der Waals surface area contributed by atoms with Crippen LogP contribution in [0.2, 0.25) is 0 Å². The number of aryl methyl sites for hydroxylation is 1. The molecule has 0 aliphatic carbocycles. The number of benzene rings is 1. The van der Waals surface area contributed by atoms with Crippen molar-refractivity contribution in [3.05, 3.63) is 35.9 Å². The molecule has 0 bridgehead atoms. The minimum Gasteiger partial charge on any atom is -0.487 e. The molecule has 0 fully saturated rings. The van der Waals surface area contributed by atoms with Crippen LogP contribution in [0.5, 0.6) is 0 Å². The molecule has 17 heavy (non-hydrogen) atoms. The summed E-state index contributed by atoms with van der Waals surface area (Å²) in [6.45, 7) is 2.08. The van der Waals surface area contributed by atoms with Crippen molar-refractivity contribution >= 4 is 34.8 Å². The van der Waals surface area contributed by atoms with E-state index in [1.165, 1.54) is 10.5 Å². The average Bonchev–Trinajstić information content (AvgIpc) is 2.18. The molecule has 0 amide bonds. The first-order valence-electron chi connectivity index (χ1n) is 4.67. The maximum Gasteiger partial charge on any atom is 0.256 e. The molecule has 1 rings (SSSR count). The highest BCUT2D eigenvalue weighted by atomic mass is 32.1. The standard InChI is InChI=1S/C7H8.C3H7NOS.CH3NOS/c1-7-5-3-2-4-6-7;1-4(2)3(5)6;2-1(3)4/h2-6H,1H3;1-2H3,(H,5,6);(H3,2,3,4). The summed E-state index contributed by atoms with van der Waals surface area (Å²) < 4.78 is 0. The molecule has 0 heterocycles. The van der Waals surface area contributed by atoms with E-state index in [0.717, 1.165) is 0 Å². The van der Waals surface area contributed by atoms with Crippen LogP contribution in [0.4, 0.5) is 0 Å². The Morgan fingerprint density at radius 1 is 1.12 bits per heavy atom. The third kappa shape index (κ3) is 20.6. The van der Waals surface area contributed by atoms with Gasteiger partial charge < -0.3 is 20.8 Å². The van der Waals surface area contributed by atoms with E-state index in [1.807, 2.05) is 18.2 Å². The fourth-order valence-corrected chi connectivity index (χ4v) is 0.534. The van der Waals surface area contributed by atoms with Crippen LogP contribution in [0.15, 0.2) is 30.3 Å². The molecule has 6 heteroatoms. The molecule has 0 unspecified atom stereocenters. The molecule has 0 saturated carbocycles. The molecule has 4 nitrogen and oxygen atoms in total. The Kier molecular flexibility index (Phi) is 11.7. The maximum atomic E-state index is 8.29. The monoisotopic (exact) mass is 274 g/mol. The average molecular weight is 274 g/mol. The summed E-state index contributed by atoms with van der Waals surface area (Å²) in [7, 11) is 3.37. The predicted octanol–water partition coefficient (Wildman–Crippen LogP) is 2.17. The summed E-state index contributed by atoms with van der Waals surface area (Å²) in [4.78, 5) is 1.45. The van der Waals surface area contributed by atoms with Gasteiger partial charge >= 0.3 is 0 Å². The van der Waals surface area contributed by atoms with E-state index in [0.29, 0.717) is 0 Å². The fraction of sp³-hybridized carbons (Fsp3) is 0.273. The maximum absolute atomic E-state index is 8.29. The largest absolute Gasteiger partial charge is 0.487 e. The normalized spacial score (nSPS) is 7.71. The molecule has 1 aromatic carbocycles. The molecule has 0 aromatic heterocycles. The number of rotatable bonds is 0. The molecule has 1 aromatic rings. The van der Waals surface area contributed by atoms with Crippen molar-refractivity contribution < 1.29 is 10.2 Å². The molecule has 0 atom stereocenters. The zero-order valence-electron chi connectivity index (χ0n) is 10.1. The second kappa shape index (κ2) is 11.1. The van der Waals surface area contributed by atoms with Gasteiger partial charge in [-0.2, -0.15) is 0 Å². The van der Waals surface area contributed by atoms with Crippen molar-refractivity contribution in [1.82, 2.24) is 4.90 Å². The molecule has 0 saturated heterocycles. The van der Waals surface area contributed by atoms with E-state index in [9.17, 15) is 0 Å². The van der Waals surface area contributed by atoms with Crippen LogP contribution >= 0.6 is 24.4 Å². The van der Waals surface area contributed by atoms with Crippen molar-refractivity contribution in [3.8, 4) is 0 Å². The lowest BCUT2D eigenvalue weighted by molar-refractivity contribution is 0.442. The fourth-order valence-electron chi connectivity index (χ4n) is 0.534. The minimum atomic E-state index is -0.500. The summed E-state index contributed by atoms with van der Waals surface area (Å²) >= 11 is 8.17. The van der Waals surface area contributed by atoms with E-state index >= 15 is 0 Å². The van der Waals surface area contributed by atoms with Gasteiger partial charge in [-0.25, -0.2) is 0 Å². The Hall–Kier alpha value is -1.40. The van der Waals surface area contributed by atoms with Crippen LogP contribution in [0.25, 0.3) is 0 Å². The highest BCUT2D eigenvalue weighted by Crippen LogP contribution is 1.92. The highest BCUT2D eigenvalue weighted by Gasteiger charge is 1.86. The number of aliphatic hydroxyl groups excluding tert-OH is 2. The van der Waals surface area contributed by atoms with Crippen LogP contribution in [0.3, 0.4) is 0 Å². The van der Waals surface area contributed by atoms with E-state index < -0.39 is 5.17 Å². The lowest BCUT2D eigenvalue weighted by Crippen LogP contribution is -2.17. The minimum absolute atomic E-state index is 0.0741. The van der Waals surface area contributed by atoms with Crippen molar-refractivity contribution in [2.45, 2.75) is 6.92 Å². The zero-order chi connectivity index (χ0) is 13.8. The molecule has 0 aliphatic rings. The number of nitrogens with zero attached hydrogens (tertiary/aromatic N) is 1. The molecule has 0 aliphatic heterocycles. The van der Waals surface area contributed by atoms with E-state index in [-0.39, 0.29) is 5.17 Å². The van der Waals surface area contributed by atoms with Crippen LogP contribution in [-0.2, 0) is 0 Å². The van der Waals surface area contributed by atoms with Gasteiger partial charge in [0.05, 0.1) is 0 Å². The van der Waals surface area contributed by atoms with Gasteiger partial charge in [0.1, 0.15) is 0 Å². The van der Waals surface area contributed by atoms with Gasteiger partial charge in [0, 0.05) is 14.1 Å². The summed E-state index contributed by atoms with van der Waals surface area (Å²) in [6, 6.07) is 10.3. The smallest absolute Gasteiger partial charge is 0.256 e. The highest BCUT2D eigenvalue weighted by molar-refractivity contribution is 7.80. The third-order valence-corrected chi connectivity index (χ3v) is 1.69. The third-order valence-electron chi connectivity index (χ3n) is 1.32. The van der Waals surface area contributed by atoms with Crippen molar-refractivity contribution in [2.24, 2.45) is 5.73 Å². The van der Waals surface area contributed by atoms with E-state index in [2.05, 4.69) is 49.2 Å². The first-order valence-corrected chi connectivity index (χ1v) is 5.49. The molecule has 0 radical (unpaired) electrons. The molecular weight excluding hydrogens is 256 g/mol. The van der Waals surface area contributed by atoms with Crippen LogP contribution in [0.1, 0.15) is 5.56 Å². The Bertz CT molecular complexity index is 326. The van der Waals surface area contributed by atoms with Crippen LogP contribution < -0.4 is 5.73 Å². The summed E-state index contributed by atoms with van der Waals surface area (Å²) in [5.41, 5.74) is 5.72. The second-order valence-corrected chi connectivity index (χ2v) is 3.95. The Labute approximate surface area is 113 Å². The number of thiocarbonyl (C=S) groups is 2. The number of hydrogen-bond donors (Lipinski definition) is 3. The van der Waals surface area contributed by atoms with Crippen LogP contribution in [-0.4, -0.2) is 39.6 Å². The Morgan fingerprint density at radius 2 is 1.41 bits per heavy atom. The SMILES string of the molecule is CN(C)C(O)=S.Cc1ccccc1.NC(O)=S. The number of hydrogen-bond acceptors (Lipinski definition) is 2. The topological polar surface area (TPSA) is 69.7 Å².